The molecule has 2 nitrogen and oxygen atoms in total. The van der Waals surface area contributed by atoms with Gasteiger partial charge in [-0.2, -0.15) is 0 Å². The van der Waals surface area contributed by atoms with Crippen LogP contribution in [0.1, 0.15) is 29.3 Å². The smallest absolute Gasteiger partial charge is 0.122 e. The molecular formula is C27H23NO. The molecular weight excluding hydrogens is 354 g/mol. The Morgan fingerprint density at radius 2 is 1.48 bits per heavy atom. The lowest BCUT2D eigenvalue weighted by Gasteiger charge is -2.26. The third-order valence-electron chi connectivity index (χ3n) is 5.97. The molecule has 0 amide bonds. The standard InChI is InChI=1S/C27H23NO/c29-18-17-25(21-10-3-1-4-11-21)28-26-16-15-20-9-7-8-14-23(20)24(26)19-27(28)22-12-5-2-6-13-22/h1-14,18-19,25H,15-17H2. The van der Waals surface area contributed by atoms with Crippen molar-refractivity contribution in [1.82, 2.24) is 4.57 Å². The molecule has 1 aliphatic carbocycles. The number of aldehydes is 1. The van der Waals surface area contributed by atoms with E-state index in [9.17, 15) is 4.79 Å². The van der Waals surface area contributed by atoms with E-state index in [0.717, 1.165) is 19.1 Å². The first kappa shape index (κ1) is 17.7. The molecule has 0 N–H and O–H groups in total. The molecule has 4 aromatic rings. The van der Waals surface area contributed by atoms with Crippen molar-refractivity contribution in [3.8, 4) is 22.4 Å². The maximum absolute atomic E-state index is 11.7. The predicted octanol–water partition coefficient (Wildman–Crippen LogP) is 6.10. The maximum atomic E-state index is 11.7. The van der Waals surface area contributed by atoms with Gasteiger partial charge in [0.1, 0.15) is 6.29 Å². The molecule has 1 aromatic heterocycles. The summed E-state index contributed by atoms with van der Waals surface area (Å²) < 4.78 is 2.42. The van der Waals surface area contributed by atoms with Crippen LogP contribution in [-0.4, -0.2) is 10.9 Å². The fourth-order valence-corrected chi connectivity index (χ4v) is 4.65. The third-order valence-corrected chi connectivity index (χ3v) is 5.97. The monoisotopic (exact) mass is 377 g/mol. The number of carbonyl (C=O) groups excluding carboxylic acids is 1. The summed E-state index contributed by atoms with van der Waals surface area (Å²) in [6.45, 7) is 0. The molecule has 0 aliphatic heterocycles. The molecule has 1 heterocycles. The van der Waals surface area contributed by atoms with E-state index in [1.807, 2.05) is 12.1 Å². The van der Waals surface area contributed by atoms with Gasteiger partial charge in [0.2, 0.25) is 0 Å². The van der Waals surface area contributed by atoms with Crippen molar-refractivity contribution in [2.45, 2.75) is 25.3 Å². The Hall–Kier alpha value is -3.39. The summed E-state index contributed by atoms with van der Waals surface area (Å²) in [4.78, 5) is 11.7. The van der Waals surface area contributed by atoms with E-state index in [4.69, 9.17) is 0 Å². The van der Waals surface area contributed by atoms with Crippen molar-refractivity contribution in [3.63, 3.8) is 0 Å². The van der Waals surface area contributed by atoms with E-state index in [-0.39, 0.29) is 6.04 Å². The zero-order chi connectivity index (χ0) is 19.6. The molecule has 5 rings (SSSR count). The van der Waals surface area contributed by atoms with Crippen molar-refractivity contribution in [2.75, 3.05) is 0 Å². The van der Waals surface area contributed by atoms with Gasteiger partial charge in [0.15, 0.2) is 0 Å². The molecule has 1 atom stereocenters. The molecule has 3 aromatic carbocycles. The average Bonchev–Trinajstić information content (AvgIpc) is 3.18. The number of nitrogens with zero attached hydrogens (tertiary/aromatic N) is 1. The second-order valence-electron chi connectivity index (χ2n) is 7.61. The first-order valence-electron chi connectivity index (χ1n) is 10.2. The van der Waals surface area contributed by atoms with E-state index in [0.29, 0.717) is 6.42 Å². The van der Waals surface area contributed by atoms with Crippen LogP contribution in [0.25, 0.3) is 22.4 Å². The Morgan fingerprint density at radius 1 is 0.793 bits per heavy atom. The van der Waals surface area contributed by atoms with Crippen molar-refractivity contribution in [3.05, 3.63) is 108 Å². The lowest BCUT2D eigenvalue weighted by Crippen LogP contribution is -2.17. The van der Waals surface area contributed by atoms with E-state index in [1.54, 1.807) is 0 Å². The summed E-state index contributed by atoms with van der Waals surface area (Å²) in [5.74, 6) is 0. The highest BCUT2D eigenvalue weighted by molar-refractivity contribution is 5.79. The number of benzene rings is 3. The Kier molecular flexibility index (Phi) is 4.61. The summed E-state index contributed by atoms with van der Waals surface area (Å²) in [6.07, 6.45) is 3.54. The topological polar surface area (TPSA) is 22.0 Å². The Bertz CT molecular complexity index is 1140. The molecule has 0 spiro atoms. The highest BCUT2D eigenvalue weighted by Crippen LogP contribution is 2.42. The van der Waals surface area contributed by atoms with E-state index in [2.05, 4.69) is 83.4 Å². The maximum Gasteiger partial charge on any atom is 0.122 e. The number of aromatic nitrogens is 1. The second-order valence-corrected chi connectivity index (χ2v) is 7.61. The molecule has 1 aliphatic rings. The summed E-state index contributed by atoms with van der Waals surface area (Å²) in [5, 5.41) is 0. The molecule has 0 fully saturated rings. The van der Waals surface area contributed by atoms with Gasteiger partial charge in [0, 0.05) is 23.4 Å². The van der Waals surface area contributed by atoms with Gasteiger partial charge in [0.05, 0.1) is 6.04 Å². The van der Waals surface area contributed by atoms with Crippen molar-refractivity contribution >= 4 is 6.29 Å². The van der Waals surface area contributed by atoms with Crippen LogP contribution < -0.4 is 0 Å². The Morgan fingerprint density at radius 3 is 2.24 bits per heavy atom. The summed E-state index contributed by atoms with van der Waals surface area (Å²) in [7, 11) is 0. The van der Waals surface area contributed by atoms with Gasteiger partial charge in [-0.3, -0.25) is 0 Å². The van der Waals surface area contributed by atoms with Gasteiger partial charge in [-0.15, -0.1) is 0 Å². The molecule has 2 heteroatoms. The summed E-state index contributed by atoms with van der Waals surface area (Å²) >= 11 is 0. The van der Waals surface area contributed by atoms with Crippen LogP contribution in [0.2, 0.25) is 0 Å². The zero-order valence-corrected chi connectivity index (χ0v) is 16.3. The summed E-state index contributed by atoms with van der Waals surface area (Å²) in [5.41, 5.74) is 8.91. The van der Waals surface area contributed by atoms with Crippen molar-refractivity contribution < 1.29 is 4.79 Å². The Balaban J connectivity index is 1.78. The van der Waals surface area contributed by atoms with Gasteiger partial charge < -0.3 is 9.36 Å². The van der Waals surface area contributed by atoms with E-state index < -0.39 is 0 Å². The van der Waals surface area contributed by atoms with Crippen LogP contribution in [0, 0.1) is 0 Å². The van der Waals surface area contributed by atoms with Crippen molar-refractivity contribution in [1.29, 1.82) is 0 Å². The number of aryl methyl sites for hydroxylation is 1. The number of hydrogen-bond acceptors (Lipinski definition) is 1. The van der Waals surface area contributed by atoms with Crippen molar-refractivity contribution in [2.24, 2.45) is 0 Å². The molecule has 0 saturated heterocycles. The van der Waals surface area contributed by atoms with Crippen LogP contribution in [0.15, 0.2) is 91.0 Å². The SMILES string of the molecule is O=CCC(c1ccccc1)n1c(-c2ccccc2)cc2c1CCc1ccccc1-2. The largest absolute Gasteiger partial charge is 0.336 e. The van der Waals surface area contributed by atoms with Crippen LogP contribution in [0.3, 0.4) is 0 Å². The lowest BCUT2D eigenvalue weighted by molar-refractivity contribution is -0.108. The minimum absolute atomic E-state index is 0.00193. The third kappa shape index (κ3) is 3.11. The lowest BCUT2D eigenvalue weighted by atomic mass is 9.89. The number of rotatable bonds is 5. The normalized spacial score (nSPS) is 13.4. The van der Waals surface area contributed by atoms with Gasteiger partial charge in [-0.25, -0.2) is 0 Å². The molecule has 142 valence electrons. The van der Waals surface area contributed by atoms with Crippen LogP contribution in [0.5, 0.6) is 0 Å². The highest BCUT2D eigenvalue weighted by atomic mass is 16.1. The highest BCUT2D eigenvalue weighted by Gasteiger charge is 2.27. The summed E-state index contributed by atoms with van der Waals surface area (Å²) in [6, 6.07) is 32.0. The fourth-order valence-electron chi connectivity index (χ4n) is 4.65. The van der Waals surface area contributed by atoms with Gasteiger partial charge in [0.25, 0.3) is 0 Å². The first-order valence-corrected chi connectivity index (χ1v) is 10.2. The predicted molar refractivity (Wildman–Crippen MR) is 118 cm³/mol. The minimum Gasteiger partial charge on any atom is -0.336 e. The van der Waals surface area contributed by atoms with E-state index >= 15 is 0 Å². The van der Waals surface area contributed by atoms with Crippen LogP contribution in [0.4, 0.5) is 0 Å². The molecule has 29 heavy (non-hydrogen) atoms. The quantitative estimate of drug-likeness (QED) is 0.385. The molecule has 0 radical (unpaired) electrons. The number of hydrogen-bond donors (Lipinski definition) is 0. The molecule has 1 unspecified atom stereocenters. The second kappa shape index (κ2) is 7.56. The van der Waals surface area contributed by atoms with Gasteiger partial charge >= 0.3 is 0 Å². The zero-order valence-electron chi connectivity index (χ0n) is 16.3. The van der Waals surface area contributed by atoms with Gasteiger partial charge in [-0.1, -0.05) is 84.9 Å². The number of carbonyl (C=O) groups is 1. The average molecular weight is 377 g/mol. The fraction of sp³-hybridized carbons (Fsp3) is 0.148. The Labute approximate surface area is 171 Å². The van der Waals surface area contributed by atoms with Crippen LogP contribution >= 0.6 is 0 Å². The molecule has 0 saturated carbocycles. The minimum atomic E-state index is -0.00193. The first-order chi connectivity index (χ1) is 14.4. The van der Waals surface area contributed by atoms with Gasteiger partial charge in [-0.05, 0) is 41.2 Å². The molecule has 0 bridgehead atoms. The van der Waals surface area contributed by atoms with E-state index in [1.165, 1.54) is 39.2 Å². The number of fused-ring (bicyclic) bond motifs is 3. The van der Waals surface area contributed by atoms with Crippen LogP contribution in [-0.2, 0) is 17.6 Å².